The standard InChI is InChI=1S/C26H25N3O3/c1-27-16-29(28-12-11-22(30)24(31)23(28)25(27)32)26-15-19(17-7-3-2-4-8-17)14-20(26)13-18-9-5-6-10-21(18)26/h2-12,19-20,31H,13-16H2,1H3. The van der Waals surface area contributed by atoms with E-state index in [1.807, 2.05) is 6.07 Å². The molecule has 3 aliphatic rings. The number of aromatic nitrogens is 1. The molecule has 1 aromatic heterocycles. The first-order valence-corrected chi connectivity index (χ1v) is 11.1. The summed E-state index contributed by atoms with van der Waals surface area (Å²) < 4.78 is 1.74. The van der Waals surface area contributed by atoms with Gasteiger partial charge in [-0.25, -0.2) is 0 Å². The van der Waals surface area contributed by atoms with Crippen molar-refractivity contribution in [3.05, 3.63) is 99.5 Å². The summed E-state index contributed by atoms with van der Waals surface area (Å²) >= 11 is 0. The molecular formula is C26H25N3O3. The van der Waals surface area contributed by atoms with Gasteiger partial charge in [-0.15, -0.1) is 0 Å². The van der Waals surface area contributed by atoms with Gasteiger partial charge in [-0.2, -0.15) is 0 Å². The van der Waals surface area contributed by atoms with Gasteiger partial charge in [0, 0.05) is 19.3 Å². The van der Waals surface area contributed by atoms with Crippen LogP contribution in [0, 0.1) is 5.92 Å². The monoisotopic (exact) mass is 427 g/mol. The third-order valence-electron chi connectivity index (χ3n) is 7.69. The van der Waals surface area contributed by atoms with Gasteiger partial charge >= 0.3 is 0 Å². The molecule has 1 saturated carbocycles. The lowest BCUT2D eigenvalue weighted by Gasteiger charge is -2.49. The molecule has 1 fully saturated rings. The van der Waals surface area contributed by atoms with Crippen LogP contribution in [0.15, 0.2) is 71.7 Å². The molecule has 2 heterocycles. The van der Waals surface area contributed by atoms with Crippen molar-refractivity contribution in [2.75, 3.05) is 18.7 Å². The highest BCUT2D eigenvalue weighted by atomic mass is 16.3. The van der Waals surface area contributed by atoms with E-state index >= 15 is 0 Å². The molecule has 3 aromatic rings. The van der Waals surface area contributed by atoms with E-state index in [1.165, 1.54) is 22.8 Å². The summed E-state index contributed by atoms with van der Waals surface area (Å²) in [6.07, 6.45) is 4.58. The number of carbonyl (C=O) groups excluding carboxylic acids is 1. The number of carbonyl (C=O) groups is 1. The quantitative estimate of drug-likeness (QED) is 0.682. The van der Waals surface area contributed by atoms with Gasteiger partial charge in [0.05, 0.1) is 5.54 Å². The fourth-order valence-electron chi connectivity index (χ4n) is 6.32. The first-order chi connectivity index (χ1) is 15.5. The molecule has 1 amide bonds. The number of amides is 1. The van der Waals surface area contributed by atoms with Gasteiger partial charge in [-0.1, -0.05) is 54.6 Å². The van der Waals surface area contributed by atoms with E-state index < -0.39 is 11.2 Å². The topological polar surface area (TPSA) is 65.8 Å². The number of hydrogen-bond acceptors (Lipinski definition) is 4. The van der Waals surface area contributed by atoms with Crippen molar-refractivity contribution in [3.8, 4) is 5.75 Å². The van der Waals surface area contributed by atoms with Crippen molar-refractivity contribution in [1.29, 1.82) is 0 Å². The van der Waals surface area contributed by atoms with Crippen molar-refractivity contribution >= 4 is 5.91 Å². The van der Waals surface area contributed by atoms with Crippen molar-refractivity contribution in [3.63, 3.8) is 0 Å². The first-order valence-electron chi connectivity index (χ1n) is 11.1. The number of benzene rings is 2. The molecule has 3 unspecified atom stereocenters. The predicted molar refractivity (Wildman–Crippen MR) is 121 cm³/mol. The van der Waals surface area contributed by atoms with Gasteiger partial charge in [0.15, 0.2) is 11.4 Å². The normalized spacial score (nSPS) is 26.1. The molecule has 162 valence electrons. The SMILES string of the molecule is CN1CN(C23CC(c4ccccc4)CC2Cc2ccccc23)n2ccc(=O)c(O)c2C1=O. The van der Waals surface area contributed by atoms with Gasteiger partial charge in [0.1, 0.15) is 6.67 Å². The lowest BCUT2D eigenvalue weighted by molar-refractivity contribution is 0.0684. The van der Waals surface area contributed by atoms with Crippen molar-refractivity contribution in [1.82, 2.24) is 9.58 Å². The minimum Gasteiger partial charge on any atom is -0.502 e. The van der Waals surface area contributed by atoms with Crippen LogP contribution in [0.4, 0.5) is 0 Å². The maximum absolute atomic E-state index is 13.0. The largest absolute Gasteiger partial charge is 0.502 e. The molecule has 3 atom stereocenters. The molecule has 32 heavy (non-hydrogen) atoms. The molecule has 0 saturated heterocycles. The first kappa shape index (κ1) is 19.2. The molecule has 2 aliphatic carbocycles. The maximum Gasteiger partial charge on any atom is 0.277 e. The molecule has 0 radical (unpaired) electrons. The summed E-state index contributed by atoms with van der Waals surface area (Å²) in [5.41, 5.74) is 3.15. The zero-order valence-electron chi connectivity index (χ0n) is 17.9. The lowest BCUT2D eigenvalue weighted by atomic mass is 9.84. The van der Waals surface area contributed by atoms with E-state index in [0.29, 0.717) is 18.5 Å². The summed E-state index contributed by atoms with van der Waals surface area (Å²) in [7, 11) is 1.73. The second kappa shape index (κ2) is 6.73. The molecule has 2 aromatic carbocycles. The summed E-state index contributed by atoms with van der Waals surface area (Å²) in [5.74, 6) is -0.0609. The van der Waals surface area contributed by atoms with Crippen LogP contribution in [0.3, 0.4) is 0 Å². The Balaban J connectivity index is 1.56. The van der Waals surface area contributed by atoms with Crippen LogP contribution in [-0.4, -0.2) is 34.3 Å². The summed E-state index contributed by atoms with van der Waals surface area (Å²) in [6.45, 7) is 0.389. The van der Waals surface area contributed by atoms with Crippen LogP contribution in [0.1, 0.15) is 45.9 Å². The van der Waals surface area contributed by atoms with Gasteiger partial charge < -0.3 is 10.0 Å². The zero-order chi connectivity index (χ0) is 22.0. The summed E-state index contributed by atoms with van der Waals surface area (Å²) in [6, 6.07) is 20.6. The number of pyridine rings is 1. The Hall–Kier alpha value is -3.54. The molecule has 0 bridgehead atoms. The van der Waals surface area contributed by atoms with E-state index in [1.54, 1.807) is 22.8 Å². The highest BCUT2D eigenvalue weighted by Gasteiger charge is 2.58. The van der Waals surface area contributed by atoms with Crippen LogP contribution < -0.4 is 10.4 Å². The molecular weight excluding hydrogens is 402 g/mol. The number of hydrogen-bond donors (Lipinski definition) is 1. The molecule has 6 heteroatoms. The highest BCUT2D eigenvalue weighted by Crippen LogP contribution is 2.59. The van der Waals surface area contributed by atoms with E-state index in [9.17, 15) is 14.7 Å². The van der Waals surface area contributed by atoms with Crippen molar-refractivity contribution in [2.45, 2.75) is 30.7 Å². The van der Waals surface area contributed by atoms with E-state index in [0.717, 1.165) is 19.3 Å². The number of rotatable bonds is 2. The molecule has 1 aliphatic heterocycles. The van der Waals surface area contributed by atoms with Gasteiger partial charge in [-0.3, -0.25) is 19.3 Å². The Morgan fingerprint density at radius 2 is 1.75 bits per heavy atom. The average molecular weight is 428 g/mol. The fraction of sp³-hybridized carbons (Fsp3) is 0.308. The number of nitrogens with zero attached hydrogens (tertiary/aromatic N) is 3. The van der Waals surface area contributed by atoms with Crippen LogP contribution in [0.2, 0.25) is 0 Å². The average Bonchev–Trinajstić information content (AvgIpc) is 3.33. The van der Waals surface area contributed by atoms with Gasteiger partial charge in [0.2, 0.25) is 5.43 Å². The predicted octanol–water partition coefficient (Wildman–Crippen LogP) is 3.18. The Morgan fingerprint density at radius 3 is 2.56 bits per heavy atom. The smallest absolute Gasteiger partial charge is 0.277 e. The summed E-state index contributed by atoms with van der Waals surface area (Å²) in [5, 5.41) is 12.8. The molecule has 0 spiro atoms. The Labute approximate surface area is 186 Å². The van der Waals surface area contributed by atoms with Gasteiger partial charge in [-0.05, 0) is 47.8 Å². The Bertz CT molecular complexity index is 1280. The van der Waals surface area contributed by atoms with Crippen LogP contribution in [0.25, 0.3) is 0 Å². The minimum atomic E-state index is -0.533. The van der Waals surface area contributed by atoms with Crippen LogP contribution in [0.5, 0.6) is 5.75 Å². The van der Waals surface area contributed by atoms with Crippen molar-refractivity contribution in [2.24, 2.45) is 5.92 Å². The van der Waals surface area contributed by atoms with Gasteiger partial charge in [0.25, 0.3) is 5.91 Å². The third kappa shape index (κ3) is 2.46. The molecule has 6 rings (SSSR count). The van der Waals surface area contributed by atoms with Crippen LogP contribution >= 0.6 is 0 Å². The maximum atomic E-state index is 13.0. The second-order valence-electron chi connectivity index (χ2n) is 9.30. The fourth-order valence-corrected chi connectivity index (χ4v) is 6.32. The third-order valence-corrected chi connectivity index (χ3v) is 7.69. The number of fused-ring (bicyclic) bond motifs is 4. The Kier molecular flexibility index (Phi) is 4.03. The summed E-state index contributed by atoms with van der Waals surface area (Å²) in [4.78, 5) is 26.7. The number of aromatic hydroxyl groups is 1. The van der Waals surface area contributed by atoms with E-state index in [2.05, 4.69) is 53.5 Å². The van der Waals surface area contributed by atoms with E-state index in [4.69, 9.17) is 0 Å². The van der Waals surface area contributed by atoms with E-state index in [-0.39, 0.29) is 17.1 Å². The highest BCUT2D eigenvalue weighted by molar-refractivity contribution is 5.96. The zero-order valence-corrected chi connectivity index (χ0v) is 17.9. The second-order valence-corrected chi connectivity index (χ2v) is 9.30. The Morgan fingerprint density at radius 1 is 1.00 bits per heavy atom. The van der Waals surface area contributed by atoms with Crippen LogP contribution in [-0.2, 0) is 12.0 Å². The molecule has 6 nitrogen and oxygen atoms in total. The lowest BCUT2D eigenvalue weighted by Crippen LogP contribution is -2.62. The van der Waals surface area contributed by atoms with Crippen molar-refractivity contribution < 1.29 is 9.90 Å². The molecule has 1 N–H and O–H groups in total. The minimum absolute atomic E-state index is 0.0481.